The third kappa shape index (κ3) is 4.86. The number of carbonyl (C=O) groups is 1. The van der Waals surface area contributed by atoms with Crippen LogP contribution in [0.25, 0.3) is 22.2 Å². The average Bonchev–Trinajstić information content (AvgIpc) is 3.27. The van der Waals surface area contributed by atoms with Crippen LogP contribution in [0.5, 0.6) is 5.75 Å². The number of aryl methyl sites for hydroxylation is 2. The first-order valence-electron chi connectivity index (χ1n) is 10.6. The number of thiophene rings is 1. The molecular weight excluding hydrogens is 418 g/mol. The third-order valence-electron chi connectivity index (χ3n) is 5.06. The standard InChI is InChI=1S/C26H25N3O2S/c1-4-20-11-12-21(32-20)16-27-29-26(30)23-15-25(18-7-9-19(10-8-18)31-5-2)28-24-13-6-17(3)14-22(23)24/h6-16H,4-5H2,1-3H3,(H,29,30). The number of nitrogens with zero attached hydrogens (tertiary/aromatic N) is 2. The number of carbonyl (C=O) groups excluding carboxylic acids is 1. The van der Waals surface area contributed by atoms with E-state index < -0.39 is 0 Å². The second-order valence-corrected chi connectivity index (χ2v) is 8.59. The zero-order valence-corrected chi connectivity index (χ0v) is 19.2. The SMILES string of the molecule is CCOc1ccc(-c2cc(C(=O)NN=Cc3ccc(CC)s3)c3cc(C)ccc3n2)cc1. The van der Waals surface area contributed by atoms with Crippen LogP contribution in [0.3, 0.4) is 0 Å². The number of amides is 1. The molecule has 1 N–H and O–H groups in total. The van der Waals surface area contributed by atoms with E-state index in [1.165, 1.54) is 4.88 Å². The first-order valence-corrected chi connectivity index (χ1v) is 11.5. The van der Waals surface area contributed by atoms with Gasteiger partial charge in [0.1, 0.15) is 5.75 Å². The minimum Gasteiger partial charge on any atom is -0.494 e. The lowest BCUT2D eigenvalue weighted by Gasteiger charge is -2.10. The maximum atomic E-state index is 13.1. The van der Waals surface area contributed by atoms with Crippen molar-refractivity contribution in [1.82, 2.24) is 10.4 Å². The van der Waals surface area contributed by atoms with Crippen molar-refractivity contribution in [3.8, 4) is 17.0 Å². The van der Waals surface area contributed by atoms with E-state index in [9.17, 15) is 4.79 Å². The number of ether oxygens (including phenoxy) is 1. The molecule has 0 aliphatic rings. The highest BCUT2D eigenvalue weighted by Gasteiger charge is 2.14. The van der Waals surface area contributed by atoms with Crippen LogP contribution in [-0.4, -0.2) is 23.7 Å². The molecule has 0 aliphatic heterocycles. The van der Waals surface area contributed by atoms with E-state index in [2.05, 4.69) is 23.5 Å². The molecule has 0 saturated carbocycles. The zero-order valence-electron chi connectivity index (χ0n) is 18.4. The summed E-state index contributed by atoms with van der Waals surface area (Å²) in [6, 6.07) is 19.6. The summed E-state index contributed by atoms with van der Waals surface area (Å²) in [5, 5.41) is 4.98. The van der Waals surface area contributed by atoms with Crippen LogP contribution in [0.15, 0.2) is 65.8 Å². The van der Waals surface area contributed by atoms with Gasteiger partial charge in [-0.2, -0.15) is 5.10 Å². The molecule has 0 aliphatic carbocycles. The normalized spacial score (nSPS) is 11.2. The molecule has 1 amide bonds. The predicted molar refractivity (Wildman–Crippen MR) is 132 cm³/mol. The highest BCUT2D eigenvalue weighted by molar-refractivity contribution is 7.13. The summed E-state index contributed by atoms with van der Waals surface area (Å²) in [7, 11) is 0. The molecule has 32 heavy (non-hydrogen) atoms. The monoisotopic (exact) mass is 443 g/mol. The number of rotatable bonds is 7. The molecule has 2 aromatic carbocycles. The minimum atomic E-state index is -0.265. The quantitative estimate of drug-likeness (QED) is 0.282. The summed E-state index contributed by atoms with van der Waals surface area (Å²) in [6.45, 7) is 6.69. The van der Waals surface area contributed by atoms with Crippen molar-refractivity contribution in [3.63, 3.8) is 0 Å². The maximum Gasteiger partial charge on any atom is 0.272 e. The maximum absolute atomic E-state index is 13.1. The Morgan fingerprint density at radius 3 is 2.62 bits per heavy atom. The van der Waals surface area contributed by atoms with Gasteiger partial charge in [-0.1, -0.05) is 18.6 Å². The molecule has 162 valence electrons. The van der Waals surface area contributed by atoms with Gasteiger partial charge in [0.15, 0.2) is 0 Å². The number of pyridine rings is 1. The van der Waals surface area contributed by atoms with E-state index in [-0.39, 0.29) is 5.91 Å². The van der Waals surface area contributed by atoms with Crippen molar-refractivity contribution in [2.45, 2.75) is 27.2 Å². The topological polar surface area (TPSA) is 63.6 Å². The number of nitrogens with one attached hydrogen (secondary N) is 1. The van der Waals surface area contributed by atoms with E-state index in [0.717, 1.165) is 44.8 Å². The van der Waals surface area contributed by atoms with Crippen molar-refractivity contribution in [2.24, 2.45) is 5.10 Å². The lowest BCUT2D eigenvalue weighted by molar-refractivity contribution is 0.0956. The van der Waals surface area contributed by atoms with Crippen molar-refractivity contribution < 1.29 is 9.53 Å². The fourth-order valence-corrected chi connectivity index (χ4v) is 4.26. The molecule has 0 unspecified atom stereocenters. The second-order valence-electron chi connectivity index (χ2n) is 7.39. The number of benzene rings is 2. The summed E-state index contributed by atoms with van der Waals surface area (Å²) >= 11 is 1.67. The van der Waals surface area contributed by atoms with E-state index in [1.54, 1.807) is 17.6 Å². The summed E-state index contributed by atoms with van der Waals surface area (Å²) in [5.41, 5.74) is 6.70. The van der Waals surface area contributed by atoms with Gasteiger partial charge in [-0.05, 0) is 74.9 Å². The average molecular weight is 444 g/mol. The van der Waals surface area contributed by atoms with Crippen LogP contribution in [0.1, 0.15) is 39.5 Å². The minimum absolute atomic E-state index is 0.265. The highest BCUT2D eigenvalue weighted by atomic mass is 32.1. The van der Waals surface area contributed by atoms with Gasteiger partial charge in [0, 0.05) is 20.7 Å². The van der Waals surface area contributed by atoms with Crippen LogP contribution in [0, 0.1) is 6.92 Å². The summed E-state index contributed by atoms with van der Waals surface area (Å²) in [6.07, 6.45) is 2.67. The molecule has 5 nitrogen and oxygen atoms in total. The molecule has 6 heteroatoms. The van der Waals surface area contributed by atoms with Gasteiger partial charge in [0.05, 0.1) is 29.6 Å². The number of hydrogen-bond donors (Lipinski definition) is 1. The van der Waals surface area contributed by atoms with Gasteiger partial charge in [0.25, 0.3) is 5.91 Å². The molecular formula is C26H25N3O2S. The van der Waals surface area contributed by atoms with Crippen molar-refractivity contribution in [2.75, 3.05) is 6.61 Å². The Balaban J connectivity index is 1.66. The summed E-state index contributed by atoms with van der Waals surface area (Å²) < 4.78 is 5.53. The fraction of sp³-hybridized carbons (Fsp3) is 0.192. The fourth-order valence-electron chi connectivity index (χ4n) is 3.43. The molecule has 0 saturated heterocycles. The van der Waals surface area contributed by atoms with Gasteiger partial charge in [-0.25, -0.2) is 10.4 Å². The number of hydrogen-bond acceptors (Lipinski definition) is 5. The summed E-state index contributed by atoms with van der Waals surface area (Å²) in [5.74, 6) is 0.540. The molecule has 4 aromatic rings. The van der Waals surface area contributed by atoms with Crippen LogP contribution >= 0.6 is 11.3 Å². The van der Waals surface area contributed by atoms with Crippen LogP contribution < -0.4 is 10.2 Å². The molecule has 0 fully saturated rings. The molecule has 0 bridgehead atoms. The Labute approximate surface area is 191 Å². The number of hydrazone groups is 1. The third-order valence-corrected chi connectivity index (χ3v) is 6.22. The van der Waals surface area contributed by atoms with Gasteiger partial charge >= 0.3 is 0 Å². The van der Waals surface area contributed by atoms with Crippen molar-refractivity contribution >= 4 is 34.4 Å². The zero-order chi connectivity index (χ0) is 22.5. The van der Waals surface area contributed by atoms with E-state index in [4.69, 9.17) is 9.72 Å². The predicted octanol–water partition coefficient (Wildman–Crippen LogP) is 6.00. The lowest BCUT2D eigenvalue weighted by Crippen LogP contribution is -2.18. The Kier molecular flexibility index (Phi) is 6.61. The van der Waals surface area contributed by atoms with Crippen molar-refractivity contribution in [3.05, 3.63) is 81.5 Å². The number of aromatic nitrogens is 1. The van der Waals surface area contributed by atoms with Gasteiger partial charge in [-0.15, -0.1) is 11.3 Å². The first kappa shape index (κ1) is 21.7. The molecule has 0 spiro atoms. The van der Waals surface area contributed by atoms with E-state index in [0.29, 0.717) is 12.2 Å². The molecule has 2 heterocycles. The Bertz CT molecular complexity index is 1280. The molecule has 0 atom stereocenters. The van der Waals surface area contributed by atoms with Crippen LogP contribution in [0.2, 0.25) is 0 Å². The Morgan fingerprint density at radius 1 is 1.09 bits per heavy atom. The number of fused-ring (bicyclic) bond motifs is 1. The summed E-state index contributed by atoms with van der Waals surface area (Å²) in [4.78, 5) is 20.2. The van der Waals surface area contributed by atoms with Gasteiger partial charge < -0.3 is 4.74 Å². The molecule has 4 rings (SSSR count). The Morgan fingerprint density at radius 2 is 1.91 bits per heavy atom. The van der Waals surface area contributed by atoms with Gasteiger partial charge in [-0.3, -0.25) is 4.79 Å². The molecule has 0 radical (unpaired) electrons. The highest BCUT2D eigenvalue weighted by Crippen LogP contribution is 2.27. The van der Waals surface area contributed by atoms with Gasteiger partial charge in [0.2, 0.25) is 0 Å². The lowest BCUT2D eigenvalue weighted by atomic mass is 10.0. The van der Waals surface area contributed by atoms with Crippen LogP contribution in [0.4, 0.5) is 0 Å². The second kappa shape index (κ2) is 9.75. The smallest absolute Gasteiger partial charge is 0.272 e. The largest absolute Gasteiger partial charge is 0.494 e. The molecule has 2 aromatic heterocycles. The van der Waals surface area contributed by atoms with E-state index in [1.807, 2.05) is 68.4 Å². The Hall–Kier alpha value is -3.51. The van der Waals surface area contributed by atoms with Crippen LogP contribution in [-0.2, 0) is 6.42 Å². The van der Waals surface area contributed by atoms with E-state index >= 15 is 0 Å². The van der Waals surface area contributed by atoms with Crippen molar-refractivity contribution in [1.29, 1.82) is 0 Å². The first-order chi connectivity index (χ1) is 15.6.